The zero-order valence-corrected chi connectivity index (χ0v) is 14.8. The molecule has 0 spiro atoms. The number of methoxy groups -OCH3 is 1. The number of carbonyl (C=O) groups is 1. The minimum absolute atomic E-state index is 0.105. The van der Waals surface area contributed by atoms with Gasteiger partial charge >= 0.3 is 0 Å². The Morgan fingerprint density at radius 2 is 2.16 bits per heavy atom. The molecule has 1 aliphatic heterocycles. The smallest absolute Gasteiger partial charge is 0.231 e. The summed E-state index contributed by atoms with van der Waals surface area (Å²) in [5.41, 5.74) is 2.68. The first-order valence-corrected chi connectivity index (χ1v) is 9.31. The molecule has 0 bridgehead atoms. The summed E-state index contributed by atoms with van der Waals surface area (Å²) < 4.78 is 10.8. The molecule has 0 aliphatic carbocycles. The zero-order chi connectivity index (χ0) is 17.2. The molecular formula is C20H19NO3S. The summed E-state index contributed by atoms with van der Waals surface area (Å²) in [5, 5.41) is 0.964. The second-order valence-electron chi connectivity index (χ2n) is 6.01. The number of hydrogen-bond donors (Lipinski definition) is 0. The average molecular weight is 353 g/mol. The number of para-hydroxylation sites is 1. The van der Waals surface area contributed by atoms with Gasteiger partial charge in [0.25, 0.3) is 0 Å². The van der Waals surface area contributed by atoms with Gasteiger partial charge in [-0.25, -0.2) is 0 Å². The first-order chi connectivity index (χ1) is 12.3. The van der Waals surface area contributed by atoms with Crippen molar-refractivity contribution in [1.29, 1.82) is 0 Å². The van der Waals surface area contributed by atoms with E-state index in [1.54, 1.807) is 13.4 Å². The third-order valence-electron chi connectivity index (χ3n) is 4.45. The van der Waals surface area contributed by atoms with Crippen LogP contribution >= 0.6 is 11.8 Å². The van der Waals surface area contributed by atoms with E-state index in [1.165, 1.54) is 4.90 Å². The van der Waals surface area contributed by atoms with Crippen LogP contribution in [0.5, 0.6) is 5.75 Å². The second kappa shape index (κ2) is 6.84. The predicted octanol–water partition coefficient (Wildman–Crippen LogP) is 4.51. The highest BCUT2D eigenvalue weighted by Crippen LogP contribution is 2.34. The maximum absolute atomic E-state index is 13.0. The number of benzene rings is 2. The van der Waals surface area contributed by atoms with Gasteiger partial charge in [-0.1, -0.05) is 12.1 Å². The lowest BCUT2D eigenvalue weighted by Crippen LogP contribution is -2.33. The van der Waals surface area contributed by atoms with E-state index in [-0.39, 0.29) is 5.91 Å². The van der Waals surface area contributed by atoms with Gasteiger partial charge < -0.3 is 14.1 Å². The SMILES string of the molecule is COc1ccc2c(CC(=O)N3CCCSc4ccccc43)coc2c1. The molecule has 0 fully saturated rings. The molecule has 0 saturated carbocycles. The second-order valence-corrected chi connectivity index (χ2v) is 7.15. The van der Waals surface area contributed by atoms with E-state index < -0.39 is 0 Å². The van der Waals surface area contributed by atoms with Crippen LogP contribution in [0.1, 0.15) is 12.0 Å². The summed E-state index contributed by atoms with van der Waals surface area (Å²) in [4.78, 5) is 16.1. The van der Waals surface area contributed by atoms with Gasteiger partial charge in [-0.2, -0.15) is 0 Å². The zero-order valence-electron chi connectivity index (χ0n) is 14.0. The molecule has 4 rings (SSSR count). The standard InChI is InChI=1S/C20H19NO3S/c1-23-15-7-8-16-14(13-24-18(16)12-15)11-20(22)21-9-4-10-25-19-6-3-2-5-17(19)21/h2-3,5-8,12-13H,4,9-11H2,1H3. The Bertz CT molecular complexity index is 918. The number of ether oxygens (including phenoxy) is 1. The average Bonchev–Trinajstić information content (AvgIpc) is 2.90. The highest BCUT2D eigenvalue weighted by Gasteiger charge is 2.22. The highest BCUT2D eigenvalue weighted by molar-refractivity contribution is 7.99. The summed E-state index contributed by atoms with van der Waals surface area (Å²) in [6, 6.07) is 13.8. The molecule has 0 unspecified atom stereocenters. The molecule has 128 valence electrons. The van der Waals surface area contributed by atoms with E-state index in [0.717, 1.165) is 46.7 Å². The predicted molar refractivity (Wildman–Crippen MR) is 101 cm³/mol. The molecule has 4 nitrogen and oxygen atoms in total. The molecule has 2 heterocycles. The summed E-state index contributed by atoms with van der Waals surface area (Å²) in [7, 11) is 1.63. The molecule has 2 aromatic carbocycles. The Labute approximate surface area is 150 Å². The Hall–Kier alpha value is -2.40. The number of thioether (sulfide) groups is 1. The Balaban J connectivity index is 1.62. The lowest BCUT2D eigenvalue weighted by molar-refractivity contribution is -0.118. The molecular weight excluding hydrogens is 334 g/mol. The van der Waals surface area contributed by atoms with Crippen LogP contribution < -0.4 is 9.64 Å². The largest absolute Gasteiger partial charge is 0.497 e. The molecule has 25 heavy (non-hydrogen) atoms. The lowest BCUT2D eigenvalue weighted by atomic mass is 10.1. The molecule has 1 aromatic heterocycles. The molecule has 5 heteroatoms. The topological polar surface area (TPSA) is 42.7 Å². The third-order valence-corrected chi connectivity index (χ3v) is 5.59. The van der Waals surface area contributed by atoms with Crippen LogP contribution in [0.2, 0.25) is 0 Å². The van der Waals surface area contributed by atoms with Crippen LogP contribution in [0.3, 0.4) is 0 Å². The quantitative estimate of drug-likeness (QED) is 0.695. The summed E-state index contributed by atoms with van der Waals surface area (Å²) >= 11 is 1.82. The van der Waals surface area contributed by atoms with Crippen LogP contribution in [0, 0.1) is 0 Å². The third kappa shape index (κ3) is 3.12. The first kappa shape index (κ1) is 16.1. The van der Waals surface area contributed by atoms with E-state index in [0.29, 0.717) is 6.42 Å². The molecule has 0 N–H and O–H groups in total. The van der Waals surface area contributed by atoms with Crippen molar-refractivity contribution in [1.82, 2.24) is 0 Å². The number of hydrogen-bond acceptors (Lipinski definition) is 4. The Kier molecular flexibility index (Phi) is 4.40. The highest BCUT2D eigenvalue weighted by atomic mass is 32.2. The number of fused-ring (bicyclic) bond motifs is 2. The fourth-order valence-corrected chi connectivity index (χ4v) is 4.17. The van der Waals surface area contributed by atoms with E-state index >= 15 is 0 Å². The van der Waals surface area contributed by atoms with Gasteiger partial charge in [0.2, 0.25) is 5.91 Å². The van der Waals surface area contributed by atoms with Gasteiger partial charge in [-0.05, 0) is 36.4 Å². The van der Waals surface area contributed by atoms with E-state index in [2.05, 4.69) is 6.07 Å². The minimum Gasteiger partial charge on any atom is -0.497 e. The van der Waals surface area contributed by atoms with Crippen molar-refractivity contribution in [3.05, 3.63) is 54.3 Å². The molecule has 1 amide bonds. The van der Waals surface area contributed by atoms with Gasteiger partial charge in [0, 0.05) is 28.5 Å². The number of anilines is 1. The maximum atomic E-state index is 13.0. The van der Waals surface area contributed by atoms with Crippen molar-refractivity contribution in [2.45, 2.75) is 17.7 Å². The maximum Gasteiger partial charge on any atom is 0.231 e. The first-order valence-electron chi connectivity index (χ1n) is 8.32. The molecule has 0 saturated heterocycles. The van der Waals surface area contributed by atoms with Crippen LogP contribution in [0.4, 0.5) is 5.69 Å². The van der Waals surface area contributed by atoms with Crippen molar-refractivity contribution in [2.24, 2.45) is 0 Å². The molecule has 0 radical (unpaired) electrons. The van der Waals surface area contributed by atoms with E-state index in [4.69, 9.17) is 9.15 Å². The van der Waals surface area contributed by atoms with Crippen molar-refractivity contribution in [3.63, 3.8) is 0 Å². The van der Waals surface area contributed by atoms with Gasteiger partial charge in [0.05, 0.1) is 25.5 Å². The fourth-order valence-electron chi connectivity index (χ4n) is 3.17. The summed E-state index contributed by atoms with van der Waals surface area (Å²) in [6.45, 7) is 0.756. The molecule has 0 atom stereocenters. The minimum atomic E-state index is 0.105. The summed E-state index contributed by atoms with van der Waals surface area (Å²) in [5.74, 6) is 1.89. The molecule has 1 aliphatic rings. The number of rotatable bonds is 3. The van der Waals surface area contributed by atoms with Crippen LogP contribution in [-0.2, 0) is 11.2 Å². The molecule has 3 aromatic rings. The number of amides is 1. The van der Waals surface area contributed by atoms with Crippen LogP contribution in [0.15, 0.2) is 58.0 Å². The normalized spacial score (nSPS) is 14.2. The number of nitrogens with zero attached hydrogens (tertiary/aromatic N) is 1. The van der Waals surface area contributed by atoms with E-state index in [1.807, 2.05) is 53.1 Å². The monoisotopic (exact) mass is 353 g/mol. The Morgan fingerprint density at radius 3 is 3.04 bits per heavy atom. The van der Waals surface area contributed by atoms with Gasteiger partial charge in [0.1, 0.15) is 11.3 Å². The lowest BCUT2D eigenvalue weighted by Gasteiger charge is -2.22. The van der Waals surface area contributed by atoms with Crippen molar-refractivity contribution >= 4 is 34.3 Å². The van der Waals surface area contributed by atoms with Crippen LogP contribution in [0.25, 0.3) is 11.0 Å². The van der Waals surface area contributed by atoms with Gasteiger partial charge in [-0.15, -0.1) is 11.8 Å². The Morgan fingerprint density at radius 1 is 1.28 bits per heavy atom. The number of carbonyl (C=O) groups excluding carboxylic acids is 1. The van der Waals surface area contributed by atoms with Crippen molar-refractivity contribution < 1.29 is 13.9 Å². The van der Waals surface area contributed by atoms with Crippen LogP contribution in [-0.4, -0.2) is 25.3 Å². The number of furan rings is 1. The van der Waals surface area contributed by atoms with Crippen molar-refractivity contribution in [3.8, 4) is 5.75 Å². The fraction of sp³-hybridized carbons (Fsp3) is 0.250. The van der Waals surface area contributed by atoms with Gasteiger partial charge in [-0.3, -0.25) is 4.79 Å². The van der Waals surface area contributed by atoms with E-state index in [9.17, 15) is 4.79 Å². The van der Waals surface area contributed by atoms with Gasteiger partial charge in [0.15, 0.2) is 0 Å². The van der Waals surface area contributed by atoms with Crippen molar-refractivity contribution in [2.75, 3.05) is 24.3 Å². The summed E-state index contributed by atoms with van der Waals surface area (Å²) in [6.07, 6.45) is 3.01.